The van der Waals surface area contributed by atoms with Crippen LogP contribution in [0, 0.1) is 11.7 Å². The average Bonchev–Trinajstić information content (AvgIpc) is 2.28. The molecule has 0 amide bonds. The van der Waals surface area contributed by atoms with E-state index in [1.807, 2.05) is 12.1 Å². The van der Waals surface area contributed by atoms with Crippen LogP contribution in [0.3, 0.4) is 0 Å². The molecule has 1 heterocycles. The summed E-state index contributed by atoms with van der Waals surface area (Å²) < 4.78 is 12.9. The monoisotopic (exact) mass is 241 g/mol. The molecule has 16 heavy (non-hydrogen) atoms. The first-order chi connectivity index (χ1) is 7.34. The third-order valence-corrected chi connectivity index (χ3v) is 2.79. The Morgan fingerprint density at radius 3 is 2.69 bits per heavy atom. The minimum absolute atomic E-state index is 0. The van der Waals surface area contributed by atoms with Crippen LogP contribution in [0.25, 0.3) is 6.08 Å². The Hall–Kier alpha value is -0.860. The second kappa shape index (κ2) is 6.66. The Bertz CT molecular complexity index is 346. The third kappa shape index (κ3) is 3.95. The zero-order valence-electron chi connectivity index (χ0n) is 9.16. The zero-order chi connectivity index (χ0) is 10.5. The van der Waals surface area contributed by atoms with Gasteiger partial charge in [0.1, 0.15) is 5.82 Å². The lowest BCUT2D eigenvalue weighted by molar-refractivity contribution is 0.438. The van der Waals surface area contributed by atoms with E-state index in [-0.39, 0.29) is 18.2 Å². The molecule has 0 spiro atoms. The summed E-state index contributed by atoms with van der Waals surface area (Å²) in [4.78, 5) is 0. The topological polar surface area (TPSA) is 12.0 Å². The molecular formula is C13H17ClFN. The summed E-state index contributed by atoms with van der Waals surface area (Å²) in [6.45, 7) is 2.19. The second-order valence-electron chi connectivity index (χ2n) is 4.00. The van der Waals surface area contributed by atoms with Gasteiger partial charge in [0.25, 0.3) is 0 Å². The third-order valence-electron chi connectivity index (χ3n) is 2.79. The second-order valence-corrected chi connectivity index (χ2v) is 4.00. The number of piperidine rings is 1. The molecule has 2 rings (SSSR count). The van der Waals surface area contributed by atoms with Gasteiger partial charge >= 0.3 is 0 Å². The molecule has 0 bridgehead atoms. The highest BCUT2D eigenvalue weighted by Gasteiger charge is 2.08. The van der Waals surface area contributed by atoms with Crippen molar-refractivity contribution >= 4 is 18.5 Å². The van der Waals surface area contributed by atoms with Gasteiger partial charge in [0, 0.05) is 0 Å². The van der Waals surface area contributed by atoms with Crippen LogP contribution < -0.4 is 5.32 Å². The summed E-state index contributed by atoms with van der Waals surface area (Å²) in [6, 6.07) is 6.72. The molecule has 0 aliphatic carbocycles. The first-order valence-corrected chi connectivity index (χ1v) is 5.49. The van der Waals surface area contributed by atoms with Gasteiger partial charge < -0.3 is 5.32 Å². The lowest BCUT2D eigenvalue weighted by Gasteiger charge is -2.19. The van der Waals surface area contributed by atoms with Gasteiger partial charge in [-0.3, -0.25) is 0 Å². The maximum absolute atomic E-state index is 12.9. The van der Waals surface area contributed by atoms with Crippen LogP contribution in [-0.4, -0.2) is 13.1 Å². The summed E-state index contributed by atoms with van der Waals surface area (Å²) in [7, 11) is 0. The largest absolute Gasteiger partial charge is 0.317 e. The standard InChI is InChI=1S/C13H16FN.ClH/c14-13-3-1-2-12(10-13)5-4-11-6-8-15-9-7-11;/h1-5,10-11,15H,6-9H2;1H. The fraction of sp³-hybridized carbons (Fsp3) is 0.385. The number of nitrogens with one attached hydrogen (secondary N) is 1. The molecule has 0 unspecified atom stereocenters. The van der Waals surface area contributed by atoms with Crippen LogP contribution in [-0.2, 0) is 0 Å². The highest BCUT2D eigenvalue weighted by atomic mass is 35.5. The van der Waals surface area contributed by atoms with Gasteiger partial charge in [-0.1, -0.05) is 24.3 Å². The molecule has 88 valence electrons. The van der Waals surface area contributed by atoms with E-state index in [4.69, 9.17) is 0 Å². The lowest BCUT2D eigenvalue weighted by atomic mass is 9.97. The Balaban J connectivity index is 0.00000128. The van der Waals surface area contributed by atoms with E-state index in [0.29, 0.717) is 5.92 Å². The predicted octanol–water partition coefficient (Wildman–Crippen LogP) is 3.26. The molecule has 1 fully saturated rings. The van der Waals surface area contributed by atoms with E-state index in [1.165, 1.54) is 18.9 Å². The minimum Gasteiger partial charge on any atom is -0.317 e. The van der Waals surface area contributed by atoms with Crippen LogP contribution in [0.1, 0.15) is 18.4 Å². The number of hydrogen-bond donors (Lipinski definition) is 1. The Labute approximate surface area is 102 Å². The van der Waals surface area contributed by atoms with Gasteiger partial charge in [0.15, 0.2) is 0 Å². The lowest BCUT2D eigenvalue weighted by Crippen LogP contribution is -2.26. The van der Waals surface area contributed by atoms with Crippen LogP contribution in [0.5, 0.6) is 0 Å². The van der Waals surface area contributed by atoms with Crippen molar-refractivity contribution in [1.29, 1.82) is 0 Å². The molecule has 1 aromatic rings. The van der Waals surface area contributed by atoms with Crippen molar-refractivity contribution in [3.05, 3.63) is 41.7 Å². The molecule has 1 nitrogen and oxygen atoms in total. The molecule has 0 radical (unpaired) electrons. The molecule has 0 atom stereocenters. The van der Waals surface area contributed by atoms with Crippen molar-refractivity contribution in [2.45, 2.75) is 12.8 Å². The molecule has 3 heteroatoms. The van der Waals surface area contributed by atoms with Gasteiger partial charge in [-0.15, -0.1) is 12.4 Å². The number of benzene rings is 1. The van der Waals surface area contributed by atoms with Gasteiger partial charge in [-0.25, -0.2) is 4.39 Å². The minimum atomic E-state index is -0.164. The SMILES string of the molecule is Cl.Fc1cccc(C=CC2CCNCC2)c1. The normalized spacial score (nSPS) is 17.3. The van der Waals surface area contributed by atoms with E-state index in [2.05, 4.69) is 11.4 Å². The Morgan fingerprint density at radius 1 is 1.25 bits per heavy atom. The molecule has 1 aromatic carbocycles. The average molecular weight is 242 g/mol. The van der Waals surface area contributed by atoms with Crippen LogP contribution in [0.2, 0.25) is 0 Å². The maximum atomic E-state index is 12.9. The fourth-order valence-electron chi connectivity index (χ4n) is 1.89. The Morgan fingerprint density at radius 2 is 2.00 bits per heavy atom. The quantitative estimate of drug-likeness (QED) is 0.838. The predicted molar refractivity (Wildman–Crippen MR) is 68.3 cm³/mol. The summed E-state index contributed by atoms with van der Waals surface area (Å²) in [5.74, 6) is 0.483. The van der Waals surface area contributed by atoms with E-state index in [1.54, 1.807) is 12.1 Å². The highest BCUT2D eigenvalue weighted by molar-refractivity contribution is 5.85. The van der Waals surface area contributed by atoms with Crippen LogP contribution in [0.4, 0.5) is 4.39 Å². The van der Waals surface area contributed by atoms with E-state index in [0.717, 1.165) is 18.7 Å². The first-order valence-electron chi connectivity index (χ1n) is 5.49. The fourth-order valence-corrected chi connectivity index (χ4v) is 1.89. The van der Waals surface area contributed by atoms with E-state index >= 15 is 0 Å². The summed E-state index contributed by atoms with van der Waals surface area (Å²) in [6.07, 6.45) is 6.60. The van der Waals surface area contributed by atoms with Crippen molar-refractivity contribution < 1.29 is 4.39 Å². The molecular weight excluding hydrogens is 225 g/mol. The van der Waals surface area contributed by atoms with Crippen molar-refractivity contribution in [2.75, 3.05) is 13.1 Å². The molecule has 1 N–H and O–H groups in total. The first kappa shape index (κ1) is 13.2. The Kier molecular flexibility index (Phi) is 5.50. The summed E-state index contributed by atoms with van der Waals surface area (Å²) >= 11 is 0. The summed E-state index contributed by atoms with van der Waals surface area (Å²) in [5, 5.41) is 3.33. The van der Waals surface area contributed by atoms with Crippen molar-refractivity contribution in [3.8, 4) is 0 Å². The maximum Gasteiger partial charge on any atom is 0.123 e. The number of halogens is 2. The molecule has 1 aliphatic heterocycles. The number of hydrogen-bond acceptors (Lipinski definition) is 1. The van der Waals surface area contributed by atoms with E-state index in [9.17, 15) is 4.39 Å². The zero-order valence-corrected chi connectivity index (χ0v) is 9.97. The van der Waals surface area contributed by atoms with Gasteiger partial charge in [0.2, 0.25) is 0 Å². The summed E-state index contributed by atoms with van der Waals surface area (Å²) in [5.41, 5.74) is 0.952. The van der Waals surface area contributed by atoms with Gasteiger partial charge in [-0.05, 0) is 49.5 Å². The van der Waals surface area contributed by atoms with Crippen molar-refractivity contribution in [2.24, 2.45) is 5.92 Å². The van der Waals surface area contributed by atoms with Gasteiger partial charge in [-0.2, -0.15) is 0 Å². The number of allylic oxidation sites excluding steroid dienone is 1. The smallest absolute Gasteiger partial charge is 0.123 e. The van der Waals surface area contributed by atoms with Crippen molar-refractivity contribution in [3.63, 3.8) is 0 Å². The van der Waals surface area contributed by atoms with Crippen LogP contribution in [0.15, 0.2) is 30.3 Å². The number of rotatable bonds is 2. The van der Waals surface area contributed by atoms with Gasteiger partial charge in [0.05, 0.1) is 0 Å². The molecule has 0 saturated carbocycles. The van der Waals surface area contributed by atoms with Crippen molar-refractivity contribution in [1.82, 2.24) is 5.32 Å². The van der Waals surface area contributed by atoms with E-state index < -0.39 is 0 Å². The highest BCUT2D eigenvalue weighted by Crippen LogP contribution is 2.15. The molecule has 1 aliphatic rings. The molecule has 0 aromatic heterocycles. The molecule has 1 saturated heterocycles. The van der Waals surface area contributed by atoms with Crippen LogP contribution >= 0.6 is 12.4 Å².